The number of benzene rings is 1. The van der Waals surface area contributed by atoms with Gasteiger partial charge in [-0.1, -0.05) is 23.2 Å². The standard InChI is InChI=1S/C17H16Cl2N2O3S/c18-12-3-1-11(2-4-12)17(24)21-10-9-20-16(23)8-5-13(22)14-6-7-15(19)25-14/h1-4,6-7H,5,8-10H2,(H,20,23)(H,21,24). The molecule has 1 heterocycles. The van der Waals surface area contributed by atoms with E-state index in [0.717, 1.165) is 0 Å². The van der Waals surface area contributed by atoms with Gasteiger partial charge in [-0.2, -0.15) is 0 Å². The molecule has 1 aromatic carbocycles. The van der Waals surface area contributed by atoms with Crippen molar-refractivity contribution in [2.45, 2.75) is 12.8 Å². The normalized spacial score (nSPS) is 10.3. The van der Waals surface area contributed by atoms with E-state index >= 15 is 0 Å². The van der Waals surface area contributed by atoms with E-state index in [-0.39, 0.29) is 37.0 Å². The Morgan fingerprint density at radius 1 is 0.880 bits per heavy atom. The van der Waals surface area contributed by atoms with Crippen molar-refractivity contribution >= 4 is 52.1 Å². The molecule has 0 bridgehead atoms. The molecule has 132 valence electrons. The van der Waals surface area contributed by atoms with Crippen molar-refractivity contribution in [3.8, 4) is 0 Å². The van der Waals surface area contributed by atoms with Gasteiger partial charge < -0.3 is 10.6 Å². The van der Waals surface area contributed by atoms with E-state index in [4.69, 9.17) is 23.2 Å². The second-order valence-electron chi connectivity index (χ2n) is 5.14. The molecule has 0 saturated carbocycles. The Bertz CT molecular complexity index is 760. The Morgan fingerprint density at radius 3 is 2.20 bits per heavy atom. The molecule has 8 heteroatoms. The molecule has 2 rings (SSSR count). The lowest BCUT2D eigenvalue weighted by Gasteiger charge is -2.07. The first-order valence-electron chi connectivity index (χ1n) is 7.54. The molecule has 1 aromatic heterocycles. The fourth-order valence-electron chi connectivity index (χ4n) is 1.98. The summed E-state index contributed by atoms with van der Waals surface area (Å²) in [5.41, 5.74) is 0.496. The van der Waals surface area contributed by atoms with E-state index < -0.39 is 0 Å². The molecule has 2 amide bonds. The number of thiophene rings is 1. The fraction of sp³-hybridized carbons (Fsp3) is 0.235. The molecule has 0 unspecified atom stereocenters. The lowest BCUT2D eigenvalue weighted by Crippen LogP contribution is -2.34. The maximum atomic E-state index is 11.9. The van der Waals surface area contributed by atoms with Gasteiger partial charge in [-0.05, 0) is 36.4 Å². The number of nitrogens with one attached hydrogen (secondary N) is 2. The Hall–Kier alpha value is -1.89. The van der Waals surface area contributed by atoms with Gasteiger partial charge in [-0.15, -0.1) is 11.3 Å². The average molecular weight is 399 g/mol. The van der Waals surface area contributed by atoms with Crippen LogP contribution in [0.3, 0.4) is 0 Å². The summed E-state index contributed by atoms with van der Waals surface area (Å²) in [7, 11) is 0. The van der Waals surface area contributed by atoms with Gasteiger partial charge in [0.05, 0.1) is 9.21 Å². The highest BCUT2D eigenvalue weighted by molar-refractivity contribution is 7.18. The number of rotatable bonds is 8. The lowest BCUT2D eigenvalue weighted by atomic mass is 10.2. The van der Waals surface area contributed by atoms with Gasteiger partial charge in [0, 0.05) is 36.5 Å². The van der Waals surface area contributed by atoms with Crippen molar-refractivity contribution in [2.75, 3.05) is 13.1 Å². The molecular weight excluding hydrogens is 383 g/mol. The predicted octanol–water partition coefficient (Wildman–Crippen LogP) is 3.56. The van der Waals surface area contributed by atoms with Crippen molar-refractivity contribution in [2.24, 2.45) is 0 Å². The molecule has 0 atom stereocenters. The van der Waals surface area contributed by atoms with Crippen LogP contribution in [-0.2, 0) is 4.79 Å². The first kappa shape index (κ1) is 19.4. The molecule has 0 aliphatic carbocycles. The molecule has 5 nitrogen and oxygen atoms in total. The molecule has 2 aromatic rings. The highest BCUT2D eigenvalue weighted by Crippen LogP contribution is 2.22. The summed E-state index contributed by atoms with van der Waals surface area (Å²) >= 11 is 12.7. The van der Waals surface area contributed by atoms with Gasteiger partial charge >= 0.3 is 0 Å². The average Bonchev–Trinajstić information content (AvgIpc) is 3.03. The fourth-order valence-corrected chi connectivity index (χ4v) is 3.12. The summed E-state index contributed by atoms with van der Waals surface area (Å²) in [5.74, 6) is -0.587. The van der Waals surface area contributed by atoms with Crippen LogP contribution in [0.5, 0.6) is 0 Å². The smallest absolute Gasteiger partial charge is 0.251 e. The number of amides is 2. The molecule has 0 aliphatic heterocycles. The van der Waals surface area contributed by atoms with Crippen LogP contribution in [-0.4, -0.2) is 30.7 Å². The number of Topliss-reactive ketones (excluding diaryl/α,β-unsaturated/α-hetero) is 1. The minimum Gasteiger partial charge on any atom is -0.354 e. The van der Waals surface area contributed by atoms with Crippen LogP contribution in [0.2, 0.25) is 9.36 Å². The van der Waals surface area contributed by atoms with Crippen molar-refractivity contribution in [1.29, 1.82) is 0 Å². The van der Waals surface area contributed by atoms with E-state index in [1.165, 1.54) is 11.3 Å². The van der Waals surface area contributed by atoms with E-state index in [1.807, 2.05) is 0 Å². The maximum Gasteiger partial charge on any atom is 0.251 e. The van der Waals surface area contributed by atoms with Crippen LogP contribution in [0.25, 0.3) is 0 Å². The quantitative estimate of drug-likeness (QED) is 0.527. The van der Waals surface area contributed by atoms with Gasteiger partial charge in [0.15, 0.2) is 5.78 Å². The van der Waals surface area contributed by atoms with E-state index in [2.05, 4.69) is 10.6 Å². The summed E-state index contributed by atoms with van der Waals surface area (Å²) in [6.45, 7) is 0.582. The maximum absolute atomic E-state index is 11.9. The van der Waals surface area contributed by atoms with Gasteiger partial charge in [0.1, 0.15) is 0 Å². The van der Waals surface area contributed by atoms with Crippen molar-refractivity contribution in [3.63, 3.8) is 0 Å². The molecule has 0 spiro atoms. The zero-order valence-corrected chi connectivity index (χ0v) is 15.5. The number of hydrogen-bond donors (Lipinski definition) is 2. The minimum atomic E-state index is -0.240. The highest BCUT2D eigenvalue weighted by atomic mass is 35.5. The van der Waals surface area contributed by atoms with Crippen LogP contribution < -0.4 is 10.6 Å². The van der Waals surface area contributed by atoms with Gasteiger partial charge in [0.25, 0.3) is 5.91 Å². The van der Waals surface area contributed by atoms with Crippen molar-refractivity contribution < 1.29 is 14.4 Å². The number of halogens is 2. The SMILES string of the molecule is O=C(CCC(=O)c1ccc(Cl)s1)NCCNC(=O)c1ccc(Cl)cc1. The third-order valence-corrected chi connectivity index (χ3v) is 4.79. The van der Waals surface area contributed by atoms with Crippen molar-refractivity contribution in [3.05, 3.63) is 56.2 Å². The summed E-state index contributed by atoms with van der Waals surface area (Å²) in [6, 6.07) is 9.83. The molecule has 25 heavy (non-hydrogen) atoms. The molecule has 0 aliphatic rings. The summed E-state index contributed by atoms with van der Waals surface area (Å²) in [5, 5.41) is 5.91. The lowest BCUT2D eigenvalue weighted by molar-refractivity contribution is -0.121. The monoisotopic (exact) mass is 398 g/mol. The third-order valence-electron chi connectivity index (χ3n) is 3.27. The Labute approximate surface area is 159 Å². The topological polar surface area (TPSA) is 75.3 Å². The van der Waals surface area contributed by atoms with Gasteiger partial charge in [-0.3, -0.25) is 14.4 Å². The van der Waals surface area contributed by atoms with Crippen LogP contribution in [0, 0.1) is 0 Å². The summed E-state index contributed by atoms with van der Waals surface area (Å²) in [4.78, 5) is 36.0. The summed E-state index contributed by atoms with van der Waals surface area (Å²) in [6.07, 6.45) is 0.222. The molecule has 0 fully saturated rings. The third kappa shape index (κ3) is 6.49. The second kappa shape index (κ2) is 9.56. The van der Waals surface area contributed by atoms with Crippen LogP contribution in [0.15, 0.2) is 36.4 Å². The number of ketones is 1. The molecular formula is C17H16Cl2N2O3S. The Balaban J connectivity index is 1.62. The number of hydrogen-bond acceptors (Lipinski definition) is 4. The first-order chi connectivity index (χ1) is 12.0. The van der Waals surface area contributed by atoms with Crippen molar-refractivity contribution in [1.82, 2.24) is 10.6 Å². The molecule has 0 radical (unpaired) electrons. The highest BCUT2D eigenvalue weighted by Gasteiger charge is 2.11. The minimum absolute atomic E-state index is 0.0967. The van der Waals surface area contributed by atoms with Crippen LogP contribution in [0.1, 0.15) is 32.9 Å². The molecule has 0 saturated heterocycles. The Kier molecular flexibility index (Phi) is 7.43. The van der Waals surface area contributed by atoms with Crippen LogP contribution >= 0.6 is 34.5 Å². The van der Waals surface area contributed by atoms with E-state index in [0.29, 0.717) is 26.3 Å². The predicted molar refractivity (Wildman–Crippen MR) is 99.7 cm³/mol. The largest absolute Gasteiger partial charge is 0.354 e. The second-order valence-corrected chi connectivity index (χ2v) is 7.29. The number of carbonyl (C=O) groups excluding carboxylic acids is 3. The first-order valence-corrected chi connectivity index (χ1v) is 9.12. The Morgan fingerprint density at radius 2 is 1.56 bits per heavy atom. The van der Waals surface area contributed by atoms with E-state index in [1.54, 1.807) is 36.4 Å². The molecule has 2 N–H and O–H groups in total. The zero-order chi connectivity index (χ0) is 18.2. The van der Waals surface area contributed by atoms with Gasteiger partial charge in [0.2, 0.25) is 5.91 Å². The zero-order valence-electron chi connectivity index (χ0n) is 13.2. The van der Waals surface area contributed by atoms with E-state index in [9.17, 15) is 14.4 Å². The van der Waals surface area contributed by atoms with Crippen LogP contribution in [0.4, 0.5) is 0 Å². The summed E-state index contributed by atoms with van der Waals surface area (Å²) < 4.78 is 0.546. The van der Waals surface area contributed by atoms with Gasteiger partial charge in [-0.25, -0.2) is 0 Å². The number of carbonyl (C=O) groups is 3.